The Balaban J connectivity index is 2.06. The molecule has 5 heteroatoms. The van der Waals surface area contributed by atoms with Gasteiger partial charge in [-0.15, -0.1) is 0 Å². The molecule has 0 atom stereocenters. The molecule has 2 aromatic carbocycles. The molecule has 3 rings (SSSR count). The minimum Gasteiger partial charge on any atom is -0.504 e. The first-order chi connectivity index (χ1) is 10.6. The highest BCUT2D eigenvalue weighted by Gasteiger charge is 2.10. The molecule has 0 bridgehead atoms. The van der Waals surface area contributed by atoms with Crippen LogP contribution >= 0.6 is 23.2 Å². The Morgan fingerprint density at radius 1 is 1.00 bits per heavy atom. The van der Waals surface area contributed by atoms with Crippen LogP contribution in [0, 0.1) is 5.82 Å². The number of halogens is 3. The molecule has 0 aliphatic rings. The molecule has 1 heterocycles. The zero-order valence-electron chi connectivity index (χ0n) is 11.2. The van der Waals surface area contributed by atoms with E-state index in [0.29, 0.717) is 27.2 Å². The molecule has 0 aliphatic heterocycles. The van der Waals surface area contributed by atoms with E-state index in [4.69, 9.17) is 23.2 Å². The number of benzene rings is 2. The summed E-state index contributed by atoms with van der Waals surface area (Å²) in [6.07, 6.45) is 3.28. The Morgan fingerprint density at radius 2 is 1.77 bits per heavy atom. The third-order valence-corrected chi connectivity index (χ3v) is 3.82. The summed E-state index contributed by atoms with van der Waals surface area (Å²) >= 11 is 12.0. The Bertz CT molecular complexity index is 893. The SMILES string of the molecule is Oc1c(Cl)cc(Cl)c2ccc(C=Cc3ccccc3F)nc12. The lowest BCUT2D eigenvalue weighted by atomic mass is 10.1. The summed E-state index contributed by atoms with van der Waals surface area (Å²) in [5.74, 6) is -0.435. The average molecular weight is 334 g/mol. The summed E-state index contributed by atoms with van der Waals surface area (Å²) in [6.45, 7) is 0. The van der Waals surface area contributed by atoms with Crippen LogP contribution in [0.3, 0.4) is 0 Å². The third-order valence-electron chi connectivity index (χ3n) is 3.22. The summed E-state index contributed by atoms with van der Waals surface area (Å²) < 4.78 is 13.6. The van der Waals surface area contributed by atoms with E-state index < -0.39 is 0 Å². The molecule has 110 valence electrons. The van der Waals surface area contributed by atoms with E-state index in [0.717, 1.165) is 0 Å². The molecule has 0 amide bonds. The van der Waals surface area contributed by atoms with E-state index in [1.54, 1.807) is 42.5 Å². The molecule has 2 nitrogen and oxygen atoms in total. The van der Waals surface area contributed by atoms with Crippen LogP contribution in [0.15, 0.2) is 42.5 Å². The highest BCUT2D eigenvalue weighted by Crippen LogP contribution is 2.36. The van der Waals surface area contributed by atoms with Gasteiger partial charge in [0.05, 0.1) is 15.7 Å². The maximum absolute atomic E-state index is 13.6. The molecule has 0 aliphatic carbocycles. The normalized spacial score (nSPS) is 11.4. The zero-order valence-corrected chi connectivity index (χ0v) is 12.7. The number of phenolic OH excluding ortho intramolecular Hbond substituents is 1. The molecule has 0 spiro atoms. The van der Waals surface area contributed by atoms with E-state index in [2.05, 4.69) is 4.98 Å². The molecular formula is C17H10Cl2FNO. The van der Waals surface area contributed by atoms with E-state index in [1.165, 1.54) is 12.1 Å². The van der Waals surface area contributed by atoms with Gasteiger partial charge in [-0.1, -0.05) is 41.4 Å². The van der Waals surface area contributed by atoms with Crippen LogP contribution in [0.25, 0.3) is 23.1 Å². The van der Waals surface area contributed by atoms with Crippen LogP contribution in [0.1, 0.15) is 11.3 Å². The highest BCUT2D eigenvalue weighted by molar-refractivity contribution is 6.39. The number of aromatic nitrogens is 1. The summed E-state index contributed by atoms with van der Waals surface area (Å²) in [5.41, 5.74) is 1.33. The monoisotopic (exact) mass is 333 g/mol. The Morgan fingerprint density at radius 3 is 2.55 bits per heavy atom. The molecule has 1 N–H and O–H groups in total. The van der Waals surface area contributed by atoms with Crippen molar-refractivity contribution in [2.75, 3.05) is 0 Å². The van der Waals surface area contributed by atoms with Gasteiger partial charge in [0.1, 0.15) is 11.3 Å². The molecule has 0 unspecified atom stereocenters. The Labute approximate surface area is 136 Å². The standard InChI is InChI=1S/C17H10Cl2FNO/c18-13-9-14(19)17(22)16-12(13)8-7-11(21-16)6-5-10-3-1-2-4-15(10)20/h1-9,22H. The van der Waals surface area contributed by atoms with Gasteiger partial charge in [-0.2, -0.15) is 0 Å². The Hall–Kier alpha value is -2.10. The van der Waals surface area contributed by atoms with Crippen LogP contribution in [0.2, 0.25) is 10.0 Å². The van der Waals surface area contributed by atoms with Gasteiger partial charge >= 0.3 is 0 Å². The van der Waals surface area contributed by atoms with Gasteiger partial charge in [0.2, 0.25) is 0 Å². The van der Waals surface area contributed by atoms with Crippen molar-refractivity contribution in [3.8, 4) is 5.75 Å². The fraction of sp³-hybridized carbons (Fsp3) is 0. The van der Waals surface area contributed by atoms with Crippen molar-refractivity contribution in [3.05, 3.63) is 69.6 Å². The minimum absolute atomic E-state index is 0.123. The van der Waals surface area contributed by atoms with Crippen LogP contribution < -0.4 is 0 Å². The van der Waals surface area contributed by atoms with Crippen molar-refractivity contribution in [1.82, 2.24) is 4.98 Å². The smallest absolute Gasteiger partial charge is 0.160 e. The zero-order chi connectivity index (χ0) is 15.7. The molecule has 0 radical (unpaired) electrons. The van der Waals surface area contributed by atoms with Gasteiger partial charge in [0, 0.05) is 10.9 Å². The number of rotatable bonds is 2. The fourth-order valence-corrected chi connectivity index (χ4v) is 2.61. The predicted molar refractivity (Wildman–Crippen MR) is 88.8 cm³/mol. The third kappa shape index (κ3) is 2.78. The maximum Gasteiger partial charge on any atom is 0.160 e. The van der Waals surface area contributed by atoms with Gasteiger partial charge in [0.15, 0.2) is 5.75 Å². The summed E-state index contributed by atoms with van der Waals surface area (Å²) in [4.78, 5) is 4.31. The van der Waals surface area contributed by atoms with Crippen LogP contribution in [0.4, 0.5) is 4.39 Å². The van der Waals surface area contributed by atoms with Crippen molar-refractivity contribution in [2.24, 2.45) is 0 Å². The molecule has 22 heavy (non-hydrogen) atoms. The minimum atomic E-state index is -0.312. The summed E-state index contributed by atoms with van der Waals surface area (Å²) in [5, 5.41) is 11.2. The molecule has 3 aromatic rings. The number of pyridine rings is 1. The lowest BCUT2D eigenvalue weighted by Gasteiger charge is -2.05. The van der Waals surface area contributed by atoms with Gasteiger partial charge in [0.25, 0.3) is 0 Å². The maximum atomic E-state index is 13.6. The van der Waals surface area contributed by atoms with Crippen LogP contribution in [-0.4, -0.2) is 10.1 Å². The molecule has 0 fully saturated rings. The Kier molecular flexibility index (Phi) is 4.01. The van der Waals surface area contributed by atoms with Gasteiger partial charge in [-0.3, -0.25) is 0 Å². The van der Waals surface area contributed by atoms with Crippen molar-refractivity contribution in [2.45, 2.75) is 0 Å². The largest absolute Gasteiger partial charge is 0.504 e. The van der Waals surface area contributed by atoms with E-state index >= 15 is 0 Å². The van der Waals surface area contributed by atoms with Crippen molar-refractivity contribution >= 4 is 46.3 Å². The van der Waals surface area contributed by atoms with Crippen molar-refractivity contribution < 1.29 is 9.50 Å². The topological polar surface area (TPSA) is 33.1 Å². The second kappa shape index (κ2) is 5.95. The summed E-state index contributed by atoms with van der Waals surface area (Å²) in [7, 11) is 0. The first kappa shape index (κ1) is 14.8. The lowest BCUT2D eigenvalue weighted by Crippen LogP contribution is -1.86. The molecule has 0 saturated carbocycles. The van der Waals surface area contributed by atoms with E-state index in [1.807, 2.05) is 0 Å². The summed E-state index contributed by atoms with van der Waals surface area (Å²) in [6, 6.07) is 11.4. The molecule has 1 aromatic heterocycles. The van der Waals surface area contributed by atoms with E-state index in [-0.39, 0.29) is 16.6 Å². The highest BCUT2D eigenvalue weighted by atomic mass is 35.5. The first-order valence-electron chi connectivity index (χ1n) is 6.46. The van der Waals surface area contributed by atoms with Crippen molar-refractivity contribution in [1.29, 1.82) is 0 Å². The van der Waals surface area contributed by atoms with Crippen LogP contribution in [0.5, 0.6) is 5.75 Å². The number of nitrogens with zero attached hydrogens (tertiary/aromatic N) is 1. The number of hydrogen-bond donors (Lipinski definition) is 1. The quantitative estimate of drug-likeness (QED) is 0.666. The first-order valence-corrected chi connectivity index (χ1v) is 7.22. The predicted octanol–water partition coefficient (Wildman–Crippen LogP) is 5.56. The fourth-order valence-electron chi connectivity index (χ4n) is 2.10. The molecular weight excluding hydrogens is 324 g/mol. The number of aromatic hydroxyl groups is 1. The second-order valence-electron chi connectivity index (χ2n) is 4.68. The van der Waals surface area contributed by atoms with Crippen molar-refractivity contribution in [3.63, 3.8) is 0 Å². The van der Waals surface area contributed by atoms with Gasteiger partial charge in [-0.25, -0.2) is 9.37 Å². The van der Waals surface area contributed by atoms with Gasteiger partial charge < -0.3 is 5.11 Å². The number of phenols is 1. The second-order valence-corrected chi connectivity index (χ2v) is 5.49. The van der Waals surface area contributed by atoms with Crippen LogP contribution in [-0.2, 0) is 0 Å². The average Bonchev–Trinajstić information content (AvgIpc) is 2.52. The molecule has 0 saturated heterocycles. The van der Waals surface area contributed by atoms with E-state index in [9.17, 15) is 9.50 Å². The lowest BCUT2D eigenvalue weighted by molar-refractivity contribution is 0.480. The number of fused-ring (bicyclic) bond motifs is 1. The number of hydrogen-bond acceptors (Lipinski definition) is 2. The van der Waals surface area contributed by atoms with Gasteiger partial charge in [-0.05, 0) is 36.4 Å².